The Balaban J connectivity index is 1.98. The average Bonchev–Trinajstić information content (AvgIpc) is 2.85. The van der Waals surface area contributed by atoms with E-state index in [1.54, 1.807) is 14.2 Å². The highest BCUT2D eigenvalue weighted by molar-refractivity contribution is 6.18. The average molecular weight is 509 g/mol. The van der Waals surface area contributed by atoms with Crippen molar-refractivity contribution in [3.05, 3.63) is 42.7 Å². The van der Waals surface area contributed by atoms with E-state index in [4.69, 9.17) is 42.1 Å². The fourth-order valence-electron chi connectivity index (χ4n) is 3.40. The number of halogens is 2. The molecule has 0 aliphatic rings. The van der Waals surface area contributed by atoms with Crippen molar-refractivity contribution >= 4 is 51.3 Å². The van der Waals surface area contributed by atoms with Gasteiger partial charge in [0.25, 0.3) is 0 Å². The first-order valence-corrected chi connectivity index (χ1v) is 12.0. The van der Waals surface area contributed by atoms with Crippen LogP contribution in [0.15, 0.2) is 42.7 Å². The number of alkyl halides is 2. The number of nitrogens with one attached hydrogen (secondary N) is 1. The largest absolute Gasteiger partial charge is 0.487 e. The molecule has 3 aromatic rings. The maximum absolute atomic E-state index is 6.03. The van der Waals surface area contributed by atoms with Crippen molar-refractivity contribution in [2.45, 2.75) is 0 Å². The number of hydrogen-bond acceptors (Lipinski definition) is 8. The van der Waals surface area contributed by atoms with Gasteiger partial charge in [0.1, 0.15) is 25.4 Å². The fraction of sp³-hybridized carbons (Fsp3) is 0.417. The van der Waals surface area contributed by atoms with Gasteiger partial charge in [-0.25, -0.2) is 9.97 Å². The molecule has 0 saturated heterocycles. The molecule has 1 aromatic heterocycles. The van der Waals surface area contributed by atoms with Crippen molar-refractivity contribution in [3.8, 4) is 11.5 Å². The number of ether oxygens (including phenoxy) is 4. The van der Waals surface area contributed by atoms with Gasteiger partial charge in [0.2, 0.25) is 0 Å². The van der Waals surface area contributed by atoms with E-state index in [0.717, 1.165) is 22.3 Å². The van der Waals surface area contributed by atoms with E-state index >= 15 is 0 Å². The lowest BCUT2D eigenvalue weighted by molar-refractivity contribution is 0.132. The highest BCUT2D eigenvalue weighted by Gasteiger charge is 2.15. The van der Waals surface area contributed by atoms with Crippen LogP contribution in [0.1, 0.15) is 0 Å². The maximum Gasteiger partial charge on any atom is 0.163 e. The van der Waals surface area contributed by atoms with Crippen LogP contribution in [0.2, 0.25) is 0 Å². The molecule has 3 rings (SSSR count). The SMILES string of the molecule is COCCOc1cc2ncnc(Nc3ccccc3N(CCCl)CCCl)c2cc1OCCOC. The fourth-order valence-corrected chi connectivity index (χ4v) is 3.81. The molecule has 10 heteroatoms. The molecule has 0 atom stereocenters. The third-order valence-electron chi connectivity index (χ3n) is 5.00. The minimum Gasteiger partial charge on any atom is -0.487 e. The summed E-state index contributed by atoms with van der Waals surface area (Å²) in [5.74, 6) is 2.80. The lowest BCUT2D eigenvalue weighted by Crippen LogP contribution is -2.28. The number of aromatic nitrogens is 2. The molecular weight excluding hydrogens is 479 g/mol. The zero-order valence-electron chi connectivity index (χ0n) is 19.4. The number of anilines is 3. The van der Waals surface area contributed by atoms with Gasteiger partial charge in [-0.15, -0.1) is 23.2 Å². The van der Waals surface area contributed by atoms with E-state index in [9.17, 15) is 0 Å². The van der Waals surface area contributed by atoms with E-state index in [1.807, 2.05) is 36.4 Å². The summed E-state index contributed by atoms with van der Waals surface area (Å²) < 4.78 is 22.0. The Morgan fingerprint density at radius 1 is 0.853 bits per heavy atom. The zero-order chi connectivity index (χ0) is 24.2. The number of fused-ring (bicyclic) bond motifs is 1. The van der Waals surface area contributed by atoms with Crippen molar-refractivity contribution in [1.29, 1.82) is 0 Å². The molecule has 0 radical (unpaired) electrons. The van der Waals surface area contributed by atoms with Crippen LogP contribution in [0, 0.1) is 0 Å². The van der Waals surface area contributed by atoms with Gasteiger partial charge in [-0.1, -0.05) is 12.1 Å². The number of benzene rings is 2. The van der Waals surface area contributed by atoms with Crippen molar-refractivity contribution in [2.24, 2.45) is 0 Å². The van der Waals surface area contributed by atoms with Crippen LogP contribution >= 0.6 is 23.2 Å². The lowest BCUT2D eigenvalue weighted by Gasteiger charge is -2.26. The van der Waals surface area contributed by atoms with Gasteiger partial charge in [-0.3, -0.25) is 0 Å². The van der Waals surface area contributed by atoms with Crippen LogP contribution in [0.3, 0.4) is 0 Å². The summed E-state index contributed by atoms with van der Waals surface area (Å²) in [4.78, 5) is 11.1. The minimum atomic E-state index is 0.383. The second-order valence-corrected chi connectivity index (χ2v) is 7.98. The summed E-state index contributed by atoms with van der Waals surface area (Å²) in [6.07, 6.45) is 1.52. The summed E-state index contributed by atoms with van der Waals surface area (Å²) in [6.45, 7) is 3.05. The third-order valence-corrected chi connectivity index (χ3v) is 5.34. The van der Waals surface area contributed by atoms with Crippen LogP contribution < -0.4 is 19.7 Å². The second kappa shape index (κ2) is 14.0. The molecule has 1 N–H and O–H groups in total. The van der Waals surface area contributed by atoms with E-state index in [0.29, 0.717) is 68.6 Å². The molecule has 0 spiro atoms. The van der Waals surface area contributed by atoms with Crippen LogP contribution in [0.5, 0.6) is 11.5 Å². The Morgan fingerprint density at radius 3 is 2.15 bits per heavy atom. The Kier molecular flexibility index (Phi) is 10.8. The zero-order valence-corrected chi connectivity index (χ0v) is 20.9. The summed E-state index contributed by atoms with van der Waals surface area (Å²) >= 11 is 12.1. The molecule has 0 aliphatic carbocycles. The summed E-state index contributed by atoms with van der Waals surface area (Å²) in [5.41, 5.74) is 2.60. The molecule has 8 nitrogen and oxygen atoms in total. The van der Waals surface area contributed by atoms with Crippen molar-refractivity contribution in [3.63, 3.8) is 0 Å². The molecule has 2 aromatic carbocycles. The molecule has 0 aliphatic heterocycles. The van der Waals surface area contributed by atoms with Crippen molar-refractivity contribution < 1.29 is 18.9 Å². The van der Waals surface area contributed by atoms with Crippen LogP contribution in [-0.2, 0) is 9.47 Å². The summed E-state index contributed by atoms with van der Waals surface area (Å²) in [6, 6.07) is 11.7. The smallest absolute Gasteiger partial charge is 0.163 e. The molecule has 184 valence electrons. The number of methoxy groups -OCH3 is 2. The minimum absolute atomic E-state index is 0.383. The molecule has 0 bridgehead atoms. The number of hydrogen-bond donors (Lipinski definition) is 1. The summed E-state index contributed by atoms with van der Waals surface area (Å²) in [5, 5.41) is 4.26. The van der Waals surface area contributed by atoms with Crippen molar-refractivity contribution in [2.75, 3.05) is 75.7 Å². The molecular formula is C24H30Cl2N4O4. The highest BCUT2D eigenvalue weighted by Crippen LogP contribution is 2.36. The standard InChI is InChI=1S/C24H30Cl2N4O4/c1-31-11-13-33-22-15-18-20(16-23(22)34-14-12-32-2)27-17-28-24(18)29-19-5-3-4-6-21(19)30(9-7-25)10-8-26/h3-6,15-17H,7-14H2,1-2H3,(H,27,28,29). The number of nitrogens with zero attached hydrogens (tertiary/aromatic N) is 3. The van der Waals surface area contributed by atoms with Crippen LogP contribution in [0.4, 0.5) is 17.2 Å². The molecule has 0 fully saturated rings. The first kappa shape index (κ1) is 26.1. The molecule has 0 amide bonds. The summed E-state index contributed by atoms with van der Waals surface area (Å²) in [7, 11) is 3.26. The van der Waals surface area contributed by atoms with Gasteiger partial charge in [-0.2, -0.15) is 0 Å². The van der Waals surface area contributed by atoms with Crippen LogP contribution in [-0.4, -0.2) is 75.5 Å². The monoisotopic (exact) mass is 508 g/mol. The first-order valence-electron chi connectivity index (χ1n) is 11.0. The predicted molar refractivity (Wildman–Crippen MR) is 138 cm³/mol. The van der Waals surface area contributed by atoms with Crippen molar-refractivity contribution in [1.82, 2.24) is 9.97 Å². The molecule has 34 heavy (non-hydrogen) atoms. The van der Waals surface area contributed by atoms with Gasteiger partial charge in [0, 0.05) is 50.5 Å². The number of rotatable bonds is 15. The van der Waals surface area contributed by atoms with Gasteiger partial charge < -0.3 is 29.2 Å². The Labute approximate surface area is 210 Å². The molecule has 1 heterocycles. The van der Waals surface area contributed by atoms with Gasteiger partial charge in [0.05, 0.1) is 30.1 Å². The second-order valence-electron chi connectivity index (χ2n) is 7.23. The van der Waals surface area contributed by atoms with Crippen LogP contribution in [0.25, 0.3) is 10.9 Å². The topological polar surface area (TPSA) is 78.0 Å². The van der Waals surface area contributed by atoms with Gasteiger partial charge >= 0.3 is 0 Å². The van der Waals surface area contributed by atoms with Gasteiger partial charge in [0.15, 0.2) is 11.5 Å². The maximum atomic E-state index is 6.03. The number of para-hydroxylation sites is 2. The van der Waals surface area contributed by atoms with E-state index < -0.39 is 0 Å². The molecule has 0 saturated carbocycles. The Hall–Kier alpha value is -2.52. The third kappa shape index (κ3) is 6.99. The van der Waals surface area contributed by atoms with E-state index in [1.165, 1.54) is 6.33 Å². The van der Waals surface area contributed by atoms with E-state index in [2.05, 4.69) is 20.2 Å². The first-order chi connectivity index (χ1) is 16.7. The van der Waals surface area contributed by atoms with Gasteiger partial charge in [-0.05, 0) is 18.2 Å². The van der Waals surface area contributed by atoms with E-state index in [-0.39, 0.29) is 0 Å². The lowest BCUT2D eigenvalue weighted by atomic mass is 10.2. The Morgan fingerprint density at radius 2 is 1.50 bits per heavy atom. The predicted octanol–water partition coefficient (Wildman–Crippen LogP) is 4.71. The molecule has 0 unspecified atom stereocenters. The highest BCUT2D eigenvalue weighted by atomic mass is 35.5. The quantitative estimate of drug-likeness (QED) is 0.233. The Bertz CT molecular complexity index is 1040. The normalized spacial score (nSPS) is 10.9.